The first-order valence-electron chi connectivity index (χ1n) is 6.73. The van der Waals surface area contributed by atoms with Gasteiger partial charge in [-0.15, -0.1) is 0 Å². The van der Waals surface area contributed by atoms with Crippen molar-refractivity contribution in [3.63, 3.8) is 0 Å². The molecule has 19 heavy (non-hydrogen) atoms. The standard InChI is InChI=1S/C15H24N2O2/c1-5-16-10-11(2)15(18)17-12(3)13-6-8-14(19-4)9-7-13/h6-9,11-12,16H,5,10H2,1-4H3,(H,17,18)/t11?,12-/m1/s1. The van der Waals surface area contributed by atoms with Gasteiger partial charge in [-0.3, -0.25) is 4.79 Å². The molecule has 4 nitrogen and oxygen atoms in total. The summed E-state index contributed by atoms with van der Waals surface area (Å²) in [7, 11) is 1.64. The summed E-state index contributed by atoms with van der Waals surface area (Å²) in [6.45, 7) is 7.53. The topological polar surface area (TPSA) is 50.4 Å². The second-order valence-electron chi connectivity index (χ2n) is 4.71. The van der Waals surface area contributed by atoms with E-state index in [-0.39, 0.29) is 17.9 Å². The van der Waals surface area contributed by atoms with E-state index in [4.69, 9.17) is 4.74 Å². The Morgan fingerprint density at radius 1 is 1.26 bits per heavy atom. The van der Waals surface area contributed by atoms with Crippen molar-refractivity contribution in [2.24, 2.45) is 5.92 Å². The van der Waals surface area contributed by atoms with Crippen molar-refractivity contribution in [2.45, 2.75) is 26.8 Å². The van der Waals surface area contributed by atoms with Gasteiger partial charge in [0.05, 0.1) is 13.2 Å². The third-order valence-electron chi connectivity index (χ3n) is 3.12. The van der Waals surface area contributed by atoms with E-state index >= 15 is 0 Å². The molecular weight excluding hydrogens is 240 g/mol. The summed E-state index contributed by atoms with van der Waals surface area (Å²) < 4.78 is 5.12. The fraction of sp³-hybridized carbons (Fsp3) is 0.533. The Bertz CT molecular complexity index is 390. The summed E-state index contributed by atoms with van der Waals surface area (Å²) in [5, 5.41) is 6.20. The van der Waals surface area contributed by atoms with Crippen LogP contribution in [-0.4, -0.2) is 26.1 Å². The molecule has 1 aromatic carbocycles. The lowest BCUT2D eigenvalue weighted by atomic mass is 10.1. The minimum absolute atomic E-state index is 0.00230. The minimum Gasteiger partial charge on any atom is -0.497 e. The predicted molar refractivity (Wildman–Crippen MR) is 77.3 cm³/mol. The van der Waals surface area contributed by atoms with Gasteiger partial charge in [-0.2, -0.15) is 0 Å². The first kappa shape index (κ1) is 15.5. The molecule has 1 amide bonds. The molecule has 0 aliphatic carbocycles. The van der Waals surface area contributed by atoms with Gasteiger partial charge < -0.3 is 15.4 Å². The van der Waals surface area contributed by atoms with Crippen LogP contribution in [-0.2, 0) is 4.79 Å². The highest BCUT2D eigenvalue weighted by molar-refractivity contribution is 5.78. The van der Waals surface area contributed by atoms with Crippen LogP contribution in [0.4, 0.5) is 0 Å². The predicted octanol–water partition coefficient (Wildman–Crippen LogP) is 2.12. The molecule has 0 radical (unpaired) electrons. The van der Waals surface area contributed by atoms with Crippen LogP contribution in [0.2, 0.25) is 0 Å². The van der Waals surface area contributed by atoms with Gasteiger partial charge in [-0.1, -0.05) is 26.0 Å². The van der Waals surface area contributed by atoms with Gasteiger partial charge in [-0.05, 0) is 31.2 Å². The van der Waals surface area contributed by atoms with Crippen LogP contribution in [0.3, 0.4) is 0 Å². The minimum atomic E-state index is -0.0272. The Morgan fingerprint density at radius 3 is 2.42 bits per heavy atom. The van der Waals surface area contributed by atoms with Crippen LogP contribution >= 0.6 is 0 Å². The average Bonchev–Trinajstić information content (AvgIpc) is 2.44. The lowest BCUT2D eigenvalue weighted by Gasteiger charge is -2.18. The third kappa shape index (κ3) is 4.91. The van der Waals surface area contributed by atoms with Crippen molar-refractivity contribution in [3.8, 4) is 5.75 Å². The maximum atomic E-state index is 12.0. The second kappa shape index (κ2) is 7.79. The van der Waals surface area contributed by atoms with Gasteiger partial charge in [0.15, 0.2) is 0 Å². The Morgan fingerprint density at radius 2 is 1.89 bits per heavy atom. The normalized spacial score (nSPS) is 13.7. The molecule has 0 fully saturated rings. The van der Waals surface area contributed by atoms with Gasteiger partial charge in [0.25, 0.3) is 0 Å². The zero-order chi connectivity index (χ0) is 14.3. The van der Waals surface area contributed by atoms with Gasteiger partial charge in [0, 0.05) is 12.5 Å². The van der Waals surface area contributed by atoms with Crippen LogP contribution in [0.15, 0.2) is 24.3 Å². The number of amides is 1. The average molecular weight is 264 g/mol. The Labute approximate surface area is 115 Å². The van der Waals surface area contributed by atoms with E-state index in [0.29, 0.717) is 6.54 Å². The molecule has 2 atom stereocenters. The number of nitrogens with one attached hydrogen (secondary N) is 2. The smallest absolute Gasteiger partial charge is 0.224 e. The lowest BCUT2D eigenvalue weighted by molar-refractivity contribution is -0.125. The Kier molecular flexibility index (Phi) is 6.36. The molecular formula is C15H24N2O2. The van der Waals surface area contributed by atoms with Gasteiger partial charge in [0.1, 0.15) is 5.75 Å². The summed E-state index contributed by atoms with van der Waals surface area (Å²) in [4.78, 5) is 12.0. The van der Waals surface area contributed by atoms with Gasteiger partial charge >= 0.3 is 0 Å². The number of methoxy groups -OCH3 is 1. The highest BCUT2D eigenvalue weighted by Crippen LogP contribution is 2.17. The van der Waals surface area contributed by atoms with E-state index in [2.05, 4.69) is 10.6 Å². The van der Waals surface area contributed by atoms with Crippen molar-refractivity contribution >= 4 is 5.91 Å². The third-order valence-corrected chi connectivity index (χ3v) is 3.12. The van der Waals surface area contributed by atoms with Crippen molar-refractivity contribution < 1.29 is 9.53 Å². The number of rotatable bonds is 7. The first-order valence-corrected chi connectivity index (χ1v) is 6.73. The van der Waals surface area contributed by atoms with E-state index in [0.717, 1.165) is 17.9 Å². The van der Waals surface area contributed by atoms with E-state index in [1.54, 1.807) is 7.11 Å². The fourth-order valence-electron chi connectivity index (χ4n) is 1.79. The maximum absolute atomic E-state index is 12.0. The largest absolute Gasteiger partial charge is 0.497 e. The molecule has 0 saturated carbocycles. The molecule has 0 heterocycles. The number of carbonyl (C=O) groups excluding carboxylic acids is 1. The number of hydrogen-bond acceptors (Lipinski definition) is 3. The van der Waals surface area contributed by atoms with Crippen LogP contribution in [0.1, 0.15) is 32.4 Å². The lowest BCUT2D eigenvalue weighted by Crippen LogP contribution is -2.36. The SMILES string of the molecule is CCNCC(C)C(=O)N[C@H](C)c1ccc(OC)cc1. The van der Waals surface area contributed by atoms with Crippen LogP contribution in [0, 0.1) is 5.92 Å². The molecule has 106 valence electrons. The maximum Gasteiger partial charge on any atom is 0.224 e. The first-order chi connectivity index (χ1) is 9.08. The quantitative estimate of drug-likeness (QED) is 0.793. The number of ether oxygens (including phenoxy) is 1. The number of benzene rings is 1. The molecule has 0 saturated heterocycles. The van der Waals surface area contributed by atoms with Crippen LogP contribution < -0.4 is 15.4 Å². The number of carbonyl (C=O) groups is 1. The zero-order valence-corrected chi connectivity index (χ0v) is 12.2. The van der Waals surface area contributed by atoms with E-state index in [1.807, 2.05) is 45.0 Å². The van der Waals surface area contributed by atoms with Crippen molar-refractivity contribution in [3.05, 3.63) is 29.8 Å². The molecule has 1 aromatic rings. The summed E-state index contributed by atoms with van der Waals surface area (Å²) in [5.41, 5.74) is 1.07. The number of hydrogen-bond donors (Lipinski definition) is 2. The van der Waals surface area contributed by atoms with Crippen LogP contribution in [0.25, 0.3) is 0 Å². The van der Waals surface area contributed by atoms with E-state index in [9.17, 15) is 4.79 Å². The Balaban J connectivity index is 2.53. The molecule has 0 spiro atoms. The monoisotopic (exact) mass is 264 g/mol. The molecule has 0 aliphatic rings. The molecule has 1 unspecified atom stereocenters. The van der Waals surface area contributed by atoms with Gasteiger partial charge in [-0.25, -0.2) is 0 Å². The Hall–Kier alpha value is -1.55. The molecule has 0 aliphatic heterocycles. The summed E-state index contributed by atoms with van der Waals surface area (Å²) >= 11 is 0. The summed E-state index contributed by atoms with van der Waals surface area (Å²) in [6.07, 6.45) is 0. The van der Waals surface area contributed by atoms with Crippen molar-refractivity contribution in [2.75, 3.05) is 20.2 Å². The van der Waals surface area contributed by atoms with E-state index < -0.39 is 0 Å². The van der Waals surface area contributed by atoms with Crippen molar-refractivity contribution in [1.82, 2.24) is 10.6 Å². The molecule has 4 heteroatoms. The summed E-state index contributed by atoms with van der Waals surface area (Å²) in [5.74, 6) is 0.868. The van der Waals surface area contributed by atoms with Gasteiger partial charge in [0.2, 0.25) is 5.91 Å². The fourth-order valence-corrected chi connectivity index (χ4v) is 1.79. The van der Waals surface area contributed by atoms with Crippen molar-refractivity contribution in [1.29, 1.82) is 0 Å². The second-order valence-corrected chi connectivity index (χ2v) is 4.71. The van der Waals surface area contributed by atoms with E-state index in [1.165, 1.54) is 0 Å². The molecule has 0 aromatic heterocycles. The summed E-state index contributed by atoms with van der Waals surface area (Å²) in [6, 6.07) is 7.75. The molecule has 2 N–H and O–H groups in total. The zero-order valence-electron chi connectivity index (χ0n) is 12.2. The molecule has 0 bridgehead atoms. The molecule has 1 rings (SSSR count). The van der Waals surface area contributed by atoms with Crippen LogP contribution in [0.5, 0.6) is 5.75 Å². The highest BCUT2D eigenvalue weighted by Gasteiger charge is 2.15. The highest BCUT2D eigenvalue weighted by atomic mass is 16.5.